The summed E-state index contributed by atoms with van der Waals surface area (Å²) in [6.07, 6.45) is 8.86. The fourth-order valence-electron chi connectivity index (χ4n) is 4.23. The van der Waals surface area contributed by atoms with Gasteiger partial charge in [0.05, 0.1) is 11.6 Å². The molecule has 118 valence electrons. The summed E-state index contributed by atoms with van der Waals surface area (Å²) < 4.78 is 12.2. The van der Waals surface area contributed by atoms with E-state index in [1.165, 1.54) is 38.5 Å². The molecule has 0 aromatic carbocycles. The van der Waals surface area contributed by atoms with Gasteiger partial charge in [-0.3, -0.25) is 0 Å². The zero-order valence-corrected chi connectivity index (χ0v) is 13.5. The molecule has 1 N–H and O–H groups in total. The van der Waals surface area contributed by atoms with E-state index in [0.29, 0.717) is 12.0 Å². The number of furan rings is 1. The Morgan fingerprint density at radius 3 is 2.76 bits per heavy atom. The average Bonchev–Trinajstić information content (AvgIpc) is 2.92. The van der Waals surface area contributed by atoms with Gasteiger partial charge in [-0.2, -0.15) is 0 Å². The Bertz CT molecular complexity index is 442. The summed E-state index contributed by atoms with van der Waals surface area (Å²) >= 11 is 0. The number of nitrogens with one attached hydrogen (secondary N) is 1. The van der Waals surface area contributed by atoms with E-state index in [0.717, 1.165) is 31.1 Å². The maximum absolute atomic E-state index is 6.25. The molecule has 2 fully saturated rings. The van der Waals surface area contributed by atoms with Crippen LogP contribution in [0, 0.1) is 12.8 Å². The van der Waals surface area contributed by atoms with Gasteiger partial charge in [-0.25, -0.2) is 0 Å². The van der Waals surface area contributed by atoms with Crippen LogP contribution < -0.4 is 5.32 Å². The van der Waals surface area contributed by atoms with Crippen LogP contribution in [0.3, 0.4) is 0 Å². The summed E-state index contributed by atoms with van der Waals surface area (Å²) in [5.74, 6) is 2.74. The molecule has 3 nitrogen and oxygen atoms in total. The number of hydrogen-bond acceptors (Lipinski definition) is 3. The minimum Gasteiger partial charge on any atom is -0.465 e. The largest absolute Gasteiger partial charge is 0.465 e. The molecule has 0 amide bonds. The lowest BCUT2D eigenvalue weighted by Gasteiger charge is -2.45. The molecule has 21 heavy (non-hydrogen) atoms. The van der Waals surface area contributed by atoms with E-state index in [4.69, 9.17) is 9.15 Å². The van der Waals surface area contributed by atoms with Crippen LogP contribution >= 0.6 is 0 Å². The molecular formula is C18H29NO2. The SMILES string of the molecule is CCNC(c1ccc(C)o1)C1CCOC2(CCCCC2)C1. The highest BCUT2D eigenvalue weighted by molar-refractivity contribution is 5.12. The van der Waals surface area contributed by atoms with Crippen LogP contribution in [0.2, 0.25) is 0 Å². The Balaban J connectivity index is 1.75. The van der Waals surface area contributed by atoms with E-state index < -0.39 is 0 Å². The molecular weight excluding hydrogens is 262 g/mol. The van der Waals surface area contributed by atoms with Crippen molar-refractivity contribution in [3.05, 3.63) is 23.7 Å². The molecule has 0 bridgehead atoms. The molecule has 1 aromatic rings. The van der Waals surface area contributed by atoms with E-state index in [9.17, 15) is 0 Å². The molecule has 2 aliphatic rings. The van der Waals surface area contributed by atoms with Gasteiger partial charge in [0.1, 0.15) is 11.5 Å². The summed E-state index contributed by atoms with van der Waals surface area (Å²) in [6.45, 7) is 6.10. The molecule has 3 heteroatoms. The van der Waals surface area contributed by atoms with Gasteiger partial charge in [-0.15, -0.1) is 0 Å². The van der Waals surface area contributed by atoms with E-state index in [1.54, 1.807) is 0 Å². The van der Waals surface area contributed by atoms with Gasteiger partial charge in [-0.05, 0) is 57.2 Å². The Morgan fingerprint density at radius 2 is 2.10 bits per heavy atom. The predicted octanol–water partition coefficient (Wildman–Crippen LogP) is 4.37. The zero-order valence-electron chi connectivity index (χ0n) is 13.5. The summed E-state index contributed by atoms with van der Waals surface area (Å²) in [6, 6.07) is 4.56. The van der Waals surface area contributed by atoms with Crippen molar-refractivity contribution in [3.63, 3.8) is 0 Å². The van der Waals surface area contributed by atoms with Crippen molar-refractivity contribution in [3.8, 4) is 0 Å². The van der Waals surface area contributed by atoms with Crippen molar-refractivity contribution in [1.29, 1.82) is 0 Å². The molecule has 1 saturated carbocycles. The van der Waals surface area contributed by atoms with Crippen molar-refractivity contribution in [2.75, 3.05) is 13.2 Å². The number of aryl methyl sites for hydroxylation is 1. The maximum atomic E-state index is 6.25. The first-order valence-electron chi connectivity index (χ1n) is 8.66. The van der Waals surface area contributed by atoms with Crippen LogP contribution in [-0.4, -0.2) is 18.8 Å². The molecule has 3 rings (SSSR count). The minimum absolute atomic E-state index is 0.163. The third-order valence-corrected chi connectivity index (χ3v) is 5.26. The Morgan fingerprint density at radius 1 is 1.29 bits per heavy atom. The monoisotopic (exact) mass is 291 g/mol. The average molecular weight is 291 g/mol. The van der Waals surface area contributed by atoms with Crippen molar-refractivity contribution < 1.29 is 9.15 Å². The van der Waals surface area contributed by atoms with Crippen LogP contribution in [-0.2, 0) is 4.74 Å². The highest BCUT2D eigenvalue weighted by Gasteiger charge is 2.41. The summed E-state index contributed by atoms with van der Waals surface area (Å²) in [5.41, 5.74) is 0.163. The van der Waals surface area contributed by atoms with E-state index in [2.05, 4.69) is 24.4 Å². The molecule has 1 aliphatic heterocycles. The van der Waals surface area contributed by atoms with Crippen molar-refractivity contribution >= 4 is 0 Å². The first-order chi connectivity index (χ1) is 10.2. The van der Waals surface area contributed by atoms with Crippen LogP contribution in [0.4, 0.5) is 0 Å². The zero-order chi connectivity index (χ0) is 14.7. The third kappa shape index (κ3) is 3.35. The summed E-state index contributed by atoms with van der Waals surface area (Å²) in [4.78, 5) is 0. The predicted molar refractivity (Wildman–Crippen MR) is 84.4 cm³/mol. The standard InChI is InChI=1S/C18H29NO2/c1-3-19-17(16-8-7-14(2)21-16)15-9-12-20-18(13-15)10-5-4-6-11-18/h7-8,15,17,19H,3-6,9-13H2,1-2H3. The molecule has 1 aliphatic carbocycles. The van der Waals surface area contributed by atoms with Crippen molar-refractivity contribution in [1.82, 2.24) is 5.32 Å². The number of rotatable bonds is 4. The normalized spacial score (nSPS) is 26.9. The first kappa shape index (κ1) is 15.1. The van der Waals surface area contributed by atoms with E-state index in [-0.39, 0.29) is 5.60 Å². The van der Waals surface area contributed by atoms with Gasteiger partial charge >= 0.3 is 0 Å². The first-order valence-corrected chi connectivity index (χ1v) is 8.66. The second-order valence-corrected chi connectivity index (χ2v) is 6.83. The molecule has 2 unspecified atom stereocenters. The van der Waals surface area contributed by atoms with Crippen molar-refractivity contribution in [2.24, 2.45) is 5.92 Å². The topological polar surface area (TPSA) is 34.4 Å². The molecule has 2 heterocycles. The van der Waals surface area contributed by atoms with E-state index >= 15 is 0 Å². The lowest BCUT2D eigenvalue weighted by molar-refractivity contribution is -0.122. The van der Waals surface area contributed by atoms with E-state index in [1.807, 2.05) is 6.92 Å². The summed E-state index contributed by atoms with van der Waals surface area (Å²) in [7, 11) is 0. The lowest BCUT2D eigenvalue weighted by atomic mass is 9.73. The summed E-state index contributed by atoms with van der Waals surface area (Å²) in [5, 5.41) is 3.65. The highest BCUT2D eigenvalue weighted by atomic mass is 16.5. The van der Waals surface area contributed by atoms with Crippen molar-refractivity contribution in [2.45, 2.75) is 70.4 Å². The molecule has 0 radical (unpaired) electrons. The van der Waals surface area contributed by atoms with Gasteiger partial charge in [0.15, 0.2) is 0 Å². The van der Waals surface area contributed by atoms with Crippen LogP contribution in [0.25, 0.3) is 0 Å². The fourth-order valence-corrected chi connectivity index (χ4v) is 4.23. The van der Waals surface area contributed by atoms with Gasteiger partial charge in [-0.1, -0.05) is 26.2 Å². The van der Waals surface area contributed by atoms with Gasteiger partial charge in [0, 0.05) is 6.61 Å². The van der Waals surface area contributed by atoms with Gasteiger partial charge in [0.25, 0.3) is 0 Å². The number of ether oxygens (including phenoxy) is 1. The van der Waals surface area contributed by atoms with Gasteiger partial charge < -0.3 is 14.5 Å². The van der Waals surface area contributed by atoms with Gasteiger partial charge in [0.2, 0.25) is 0 Å². The Kier molecular flexibility index (Phi) is 4.70. The molecule has 1 spiro atoms. The number of hydrogen-bond donors (Lipinski definition) is 1. The molecule has 1 aromatic heterocycles. The molecule has 1 saturated heterocycles. The smallest absolute Gasteiger partial charge is 0.121 e. The second-order valence-electron chi connectivity index (χ2n) is 6.83. The van der Waals surface area contributed by atoms with Crippen LogP contribution in [0.5, 0.6) is 0 Å². The fraction of sp³-hybridized carbons (Fsp3) is 0.778. The molecule has 2 atom stereocenters. The minimum atomic E-state index is 0.163. The maximum Gasteiger partial charge on any atom is 0.121 e. The van der Waals surface area contributed by atoms with Crippen LogP contribution in [0.15, 0.2) is 16.5 Å². The lowest BCUT2D eigenvalue weighted by Crippen LogP contribution is -2.44. The quantitative estimate of drug-likeness (QED) is 0.894. The van der Waals surface area contributed by atoms with Crippen LogP contribution in [0.1, 0.15) is 69.4 Å². The second kappa shape index (κ2) is 6.53. The highest BCUT2D eigenvalue weighted by Crippen LogP contribution is 2.44. The Labute approximate surface area is 128 Å². The Hall–Kier alpha value is -0.800. The third-order valence-electron chi connectivity index (χ3n) is 5.26.